The van der Waals surface area contributed by atoms with Crippen LogP contribution in [0.15, 0.2) is 36.4 Å². The second kappa shape index (κ2) is 5.61. The molecule has 0 spiro atoms. The normalized spacial score (nSPS) is 10.2. The van der Waals surface area contributed by atoms with Crippen molar-refractivity contribution in [3.8, 4) is 5.75 Å². The number of ether oxygens (including phenoxy) is 1. The fourth-order valence-corrected chi connectivity index (χ4v) is 1.85. The molecule has 3 N–H and O–H groups in total. The van der Waals surface area contributed by atoms with E-state index in [4.69, 9.17) is 10.5 Å². The highest BCUT2D eigenvalue weighted by molar-refractivity contribution is 6.06. The zero-order valence-electron chi connectivity index (χ0n) is 11.2. The van der Waals surface area contributed by atoms with E-state index in [0.717, 1.165) is 5.56 Å². The number of hydrogen-bond acceptors (Lipinski definition) is 3. The molecule has 0 unspecified atom stereocenters. The molecule has 2 aromatic rings. The summed E-state index contributed by atoms with van der Waals surface area (Å²) in [7, 11) is 1.35. The van der Waals surface area contributed by atoms with Crippen LogP contribution < -0.4 is 15.8 Å². The maximum absolute atomic E-state index is 13.3. The van der Waals surface area contributed by atoms with Crippen LogP contribution in [-0.2, 0) is 0 Å². The van der Waals surface area contributed by atoms with Gasteiger partial charge in [-0.2, -0.15) is 0 Å². The van der Waals surface area contributed by atoms with Crippen LogP contribution >= 0.6 is 0 Å². The summed E-state index contributed by atoms with van der Waals surface area (Å²) in [6, 6.07) is 9.28. The second-order valence-corrected chi connectivity index (χ2v) is 4.34. The Bertz CT molecular complexity index is 636. The zero-order chi connectivity index (χ0) is 14.7. The summed E-state index contributed by atoms with van der Waals surface area (Å²) in [4.78, 5) is 12.2. The van der Waals surface area contributed by atoms with Gasteiger partial charge < -0.3 is 15.8 Å². The number of nitrogens with two attached hydrogens (primary N) is 1. The van der Waals surface area contributed by atoms with Gasteiger partial charge in [-0.15, -0.1) is 0 Å². The van der Waals surface area contributed by atoms with Crippen molar-refractivity contribution < 1.29 is 13.9 Å². The van der Waals surface area contributed by atoms with Crippen LogP contribution in [0.25, 0.3) is 0 Å². The van der Waals surface area contributed by atoms with Crippen molar-refractivity contribution in [3.05, 3.63) is 53.3 Å². The number of nitrogen functional groups attached to an aromatic ring is 1. The number of carbonyl (C=O) groups is 1. The maximum Gasteiger partial charge on any atom is 0.255 e. The molecule has 0 atom stereocenters. The van der Waals surface area contributed by atoms with Gasteiger partial charge in [-0.1, -0.05) is 12.1 Å². The number of carbonyl (C=O) groups excluding carboxylic acids is 1. The predicted molar refractivity (Wildman–Crippen MR) is 76.5 cm³/mol. The van der Waals surface area contributed by atoms with E-state index in [9.17, 15) is 9.18 Å². The van der Waals surface area contributed by atoms with Gasteiger partial charge in [-0.05, 0) is 36.8 Å². The van der Waals surface area contributed by atoms with Crippen LogP contribution in [0, 0.1) is 12.7 Å². The number of nitrogens with one attached hydrogen (secondary N) is 1. The lowest BCUT2D eigenvalue weighted by molar-refractivity contribution is 0.102. The van der Waals surface area contributed by atoms with Crippen LogP contribution in [0.4, 0.5) is 15.8 Å². The Kier molecular flexibility index (Phi) is 3.89. The summed E-state index contributed by atoms with van der Waals surface area (Å²) in [6.07, 6.45) is 0. The number of rotatable bonds is 3. The van der Waals surface area contributed by atoms with E-state index in [-0.39, 0.29) is 11.7 Å². The number of anilines is 2. The summed E-state index contributed by atoms with van der Waals surface area (Å²) in [6.45, 7) is 1.84. The fourth-order valence-electron chi connectivity index (χ4n) is 1.85. The number of aryl methyl sites for hydroxylation is 1. The van der Waals surface area contributed by atoms with Gasteiger partial charge in [0.05, 0.1) is 18.5 Å². The average Bonchev–Trinajstić information content (AvgIpc) is 2.43. The number of amides is 1. The van der Waals surface area contributed by atoms with Crippen molar-refractivity contribution in [2.75, 3.05) is 18.2 Å². The van der Waals surface area contributed by atoms with Crippen molar-refractivity contribution >= 4 is 17.3 Å². The lowest BCUT2D eigenvalue weighted by atomic mass is 10.1. The molecule has 104 valence electrons. The van der Waals surface area contributed by atoms with E-state index < -0.39 is 5.82 Å². The first-order chi connectivity index (χ1) is 9.52. The van der Waals surface area contributed by atoms with Crippen LogP contribution in [0.2, 0.25) is 0 Å². The molecular weight excluding hydrogens is 259 g/mol. The van der Waals surface area contributed by atoms with Gasteiger partial charge in [0.25, 0.3) is 5.91 Å². The molecule has 0 aliphatic rings. The van der Waals surface area contributed by atoms with Gasteiger partial charge in [0, 0.05) is 5.56 Å². The van der Waals surface area contributed by atoms with E-state index >= 15 is 0 Å². The number of methoxy groups -OCH3 is 1. The molecule has 0 aliphatic carbocycles. The van der Waals surface area contributed by atoms with Crippen LogP contribution in [-0.4, -0.2) is 13.0 Å². The largest absolute Gasteiger partial charge is 0.494 e. The molecule has 5 heteroatoms. The molecule has 0 heterocycles. The first-order valence-corrected chi connectivity index (χ1v) is 6.03. The molecule has 2 aromatic carbocycles. The fraction of sp³-hybridized carbons (Fsp3) is 0.133. The second-order valence-electron chi connectivity index (χ2n) is 4.34. The summed E-state index contributed by atoms with van der Waals surface area (Å²) in [5.74, 6) is -0.862. The van der Waals surface area contributed by atoms with Crippen molar-refractivity contribution in [3.63, 3.8) is 0 Å². The van der Waals surface area contributed by atoms with Gasteiger partial charge in [-0.3, -0.25) is 4.79 Å². The molecule has 0 aliphatic heterocycles. The molecule has 0 saturated heterocycles. The molecule has 4 nitrogen and oxygen atoms in total. The van der Waals surface area contributed by atoms with Crippen molar-refractivity contribution in [2.45, 2.75) is 6.92 Å². The third-order valence-electron chi connectivity index (χ3n) is 2.96. The standard InChI is InChI=1S/C15H15FN2O2/c1-9-4-3-5-12(17)14(9)18-15(19)10-6-7-11(16)13(8-10)20-2/h3-8H,17H2,1-2H3,(H,18,19). The van der Waals surface area contributed by atoms with Crippen LogP contribution in [0.3, 0.4) is 0 Å². The monoisotopic (exact) mass is 274 g/mol. The molecule has 2 rings (SSSR count). The summed E-state index contributed by atoms with van der Waals surface area (Å²) < 4.78 is 18.2. The van der Waals surface area contributed by atoms with Crippen molar-refractivity contribution in [2.24, 2.45) is 0 Å². The molecule has 0 saturated carbocycles. The number of para-hydroxylation sites is 1. The highest BCUT2D eigenvalue weighted by Gasteiger charge is 2.12. The van der Waals surface area contributed by atoms with Crippen LogP contribution in [0.1, 0.15) is 15.9 Å². The summed E-state index contributed by atoms with van der Waals surface area (Å²) in [5, 5.41) is 2.72. The quantitative estimate of drug-likeness (QED) is 0.846. The Balaban J connectivity index is 2.29. The average molecular weight is 274 g/mol. The van der Waals surface area contributed by atoms with Gasteiger partial charge in [0.2, 0.25) is 0 Å². The SMILES string of the molecule is COc1cc(C(=O)Nc2c(C)cccc2N)ccc1F. The third kappa shape index (κ3) is 2.71. The van der Waals surface area contributed by atoms with Gasteiger partial charge in [-0.25, -0.2) is 4.39 Å². The number of benzene rings is 2. The Labute approximate surface area is 116 Å². The first-order valence-electron chi connectivity index (χ1n) is 6.03. The van der Waals surface area contributed by atoms with Crippen molar-refractivity contribution in [1.29, 1.82) is 0 Å². The highest BCUT2D eigenvalue weighted by Crippen LogP contribution is 2.24. The summed E-state index contributed by atoms with van der Waals surface area (Å²) in [5.41, 5.74) is 8.02. The molecule has 0 aromatic heterocycles. The molecule has 20 heavy (non-hydrogen) atoms. The van der Waals surface area contributed by atoms with Gasteiger partial charge in [0.15, 0.2) is 11.6 Å². The van der Waals surface area contributed by atoms with E-state index in [1.807, 2.05) is 13.0 Å². The Hall–Kier alpha value is -2.56. The van der Waals surface area contributed by atoms with E-state index in [0.29, 0.717) is 16.9 Å². The number of hydrogen-bond donors (Lipinski definition) is 2. The third-order valence-corrected chi connectivity index (χ3v) is 2.96. The Morgan fingerprint density at radius 2 is 2.05 bits per heavy atom. The Morgan fingerprint density at radius 1 is 1.30 bits per heavy atom. The van der Waals surface area contributed by atoms with E-state index in [1.54, 1.807) is 12.1 Å². The smallest absolute Gasteiger partial charge is 0.255 e. The summed E-state index contributed by atoms with van der Waals surface area (Å²) >= 11 is 0. The van der Waals surface area contributed by atoms with Crippen LogP contribution in [0.5, 0.6) is 5.75 Å². The highest BCUT2D eigenvalue weighted by atomic mass is 19.1. The lowest BCUT2D eigenvalue weighted by Crippen LogP contribution is -2.14. The topological polar surface area (TPSA) is 64.3 Å². The number of halogens is 1. The van der Waals surface area contributed by atoms with E-state index in [2.05, 4.69) is 5.32 Å². The first kappa shape index (κ1) is 13.9. The van der Waals surface area contributed by atoms with Gasteiger partial charge in [0.1, 0.15) is 0 Å². The van der Waals surface area contributed by atoms with Crippen molar-refractivity contribution in [1.82, 2.24) is 0 Å². The molecular formula is C15H15FN2O2. The van der Waals surface area contributed by atoms with E-state index in [1.165, 1.54) is 25.3 Å². The maximum atomic E-state index is 13.3. The zero-order valence-corrected chi connectivity index (χ0v) is 11.2. The Morgan fingerprint density at radius 3 is 2.70 bits per heavy atom. The minimum atomic E-state index is -0.514. The van der Waals surface area contributed by atoms with Gasteiger partial charge >= 0.3 is 0 Å². The molecule has 0 radical (unpaired) electrons. The predicted octanol–water partition coefficient (Wildman–Crippen LogP) is 2.98. The lowest BCUT2D eigenvalue weighted by Gasteiger charge is -2.11. The molecule has 0 bridgehead atoms. The minimum Gasteiger partial charge on any atom is -0.494 e. The minimum absolute atomic E-state index is 0.0235. The molecule has 1 amide bonds. The molecule has 0 fully saturated rings.